The predicted octanol–water partition coefficient (Wildman–Crippen LogP) is 5.40. The Morgan fingerprint density at radius 3 is 2.58 bits per heavy atom. The normalized spacial score (nSPS) is 11.0. The van der Waals surface area contributed by atoms with E-state index in [-0.39, 0.29) is 11.7 Å². The van der Waals surface area contributed by atoms with E-state index in [2.05, 4.69) is 4.98 Å². The van der Waals surface area contributed by atoms with E-state index in [1.54, 1.807) is 17.0 Å². The number of ketones is 1. The average Bonchev–Trinajstić information content (AvgIpc) is 3.28. The van der Waals surface area contributed by atoms with Crippen LogP contribution < -0.4 is 4.90 Å². The number of aryl methyl sites for hydroxylation is 2. The molecule has 0 unspecified atom stereocenters. The summed E-state index contributed by atoms with van der Waals surface area (Å²) in [5.74, 6) is -0.153. The van der Waals surface area contributed by atoms with Crippen molar-refractivity contribution in [2.24, 2.45) is 0 Å². The van der Waals surface area contributed by atoms with Crippen molar-refractivity contribution in [3.63, 3.8) is 0 Å². The van der Waals surface area contributed by atoms with Crippen LogP contribution >= 0.6 is 22.7 Å². The summed E-state index contributed by atoms with van der Waals surface area (Å²) in [6.45, 7) is 5.57. The maximum atomic E-state index is 12.2. The van der Waals surface area contributed by atoms with Crippen LogP contribution in [-0.4, -0.2) is 16.7 Å². The smallest absolute Gasteiger partial charge is 0.230 e. The third-order valence-electron chi connectivity index (χ3n) is 3.93. The number of carbonyl (C=O) groups is 2. The van der Waals surface area contributed by atoms with Gasteiger partial charge in [-0.15, -0.1) is 22.7 Å². The molecule has 132 valence electrons. The molecule has 0 radical (unpaired) electrons. The van der Waals surface area contributed by atoms with Crippen LogP contribution in [0.2, 0.25) is 0 Å². The number of thiophene rings is 1. The molecule has 0 fully saturated rings. The number of hydrogen-bond donors (Lipinski definition) is 0. The Kier molecular flexibility index (Phi) is 5.44. The fourth-order valence-electron chi connectivity index (χ4n) is 2.41. The van der Waals surface area contributed by atoms with E-state index in [1.807, 2.05) is 48.9 Å². The van der Waals surface area contributed by atoms with E-state index >= 15 is 0 Å². The summed E-state index contributed by atoms with van der Waals surface area (Å²) < 4.78 is 0. The van der Waals surface area contributed by atoms with Gasteiger partial charge in [0, 0.05) is 12.3 Å². The van der Waals surface area contributed by atoms with Crippen LogP contribution in [0.5, 0.6) is 0 Å². The third kappa shape index (κ3) is 3.98. The number of hydrogen-bond acceptors (Lipinski definition) is 5. The van der Waals surface area contributed by atoms with E-state index in [4.69, 9.17) is 0 Å². The highest BCUT2D eigenvalue weighted by Gasteiger charge is 2.18. The first kappa shape index (κ1) is 18.2. The van der Waals surface area contributed by atoms with Crippen LogP contribution in [0.25, 0.3) is 6.08 Å². The summed E-state index contributed by atoms with van der Waals surface area (Å²) >= 11 is 2.78. The van der Waals surface area contributed by atoms with Crippen LogP contribution in [0, 0.1) is 13.8 Å². The summed E-state index contributed by atoms with van der Waals surface area (Å²) in [5.41, 5.74) is 3.74. The molecule has 26 heavy (non-hydrogen) atoms. The zero-order chi connectivity index (χ0) is 18.7. The van der Waals surface area contributed by atoms with Crippen LogP contribution in [0.15, 0.2) is 47.2 Å². The van der Waals surface area contributed by atoms with Crippen molar-refractivity contribution in [3.8, 4) is 0 Å². The third-order valence-corrected chi connectivity index (χ3v) is 5.66. The Morgan fingerprint density at radius 2 is 1.92 bits per heavy atom. The van der Waals surface area contributed by atoms with Gasteiger partial charge in [-0.05, 0) is 60.7 Å². The van der Waals surface area contributed by atoms with E-state index < -0.39 is 0 Å². The van der Waals surface area contributed by atoms with E-state index in [1.165, 1.54) is 41.2 Å². The summed E-state index contributed by atoms with van der Waals surface area (Å²) in [5, 5.41) is 4.30. The second-order valence-corrected chi connectivity index (χ2v) is 7.64. The summed E-state index contributed by atoms with van der Waals surface area (Å²) in [4.78, 5) is 31.0. The van der Waals surface area contributed by atoms with Crippen molar-refractivity contribution in [2.75, 3.05) is 4.90 Å². The molecule has 0 aliphatic rings. The molecule has 0 aliphatic carbocycles. The minimum Gasteiger partial charge on any atom is -0.288 e. The lowest BCUT2D eigenvalue weighted by molar-refractivity contribution is -0.115. The van der Waals surface area contributed by atoms with Crippen molar-refractivity contribution < 1.29 is 9.59 Å². The molecule has 6 heteroatoms. The Bertz CT molecular complexity index is 972. The van der Waals surface area contributed by atoms with Gasteiger partial charge in [0.1, 0.15) is 0 Å². The maximum Gasteiger partial charge on any atom is 0.230 e. The quantitative estimate of drug-likeness (QED) is 0.438. The summed E-state index contributed by atoms with van der Waals surface area (Å²) in [6.07, 6.45) is 3.19. The monoisotopic (exact) mass is 382 g/mol. The molecule has 0 N–H and O–H groups in total. The fourth-order valence-corrected chi connectivity index (χ4v) is 3.91. The molecule has 3 aromatic rings. The van der Waals surface area contributed by atoms with Gasteiger partial charge < -0.3 is 0 Å². The van der Waals surface area contributed by atoms with Crippen LogP contribution in [-0.2, 0) is 4.79 Å². The lowest BCUT2D eigenvalue weighted by atomic mass is 10.1. The molecule has 2 aromatic heterocycles. The topological polar surface area (TPSA) is 50.3 Å². The predicted molar refractivity (Wildman–Crippen MR) is 109 cm³/mol. The van der Waals surface area contributed by atoms with Gasteiger partial charge in [-0.25, -0.2) is 4.98 Å². The zero-order valence-corrected chi connectivity index (χ0v) is 16.4. The molecule has 0 atom stereocenters. The Labute approximate surface area is 160 Å². The number of allylic oxidation sites excluding steroid dienone is 1. The second-order valence-electron chi connectivity index (χ2n) is 5.85. The first-order valence-corrected chi connectivity index (χ1v) is 9.81. The fraction of sp³-hybridized carbons (Fsp3) is 0.150. The van der Waals surface area contributed by atoms with Gasteiger partial charge in [0.25, 0.3) is 0 Å². The first-order chi connectivity index (χ1) is 12.5. The van der Waals surface area contributed by atoms with Gasteiger partial charge in [0.05, 0.1) is 16.3 Å². The minimum absolute atomic E-state index is 0.0490. The molecule has 3 rings (SSSR count). The van der Waals surface area contributed by atoms with Crippen LogP contribution in [0.1, 0.15) is 33.4 Å². The lowest BCUT2D eigenvalue weighted by Gasteiger charge is -2.19. The van der Waals surface area contributed by atoms with Crippen LogP contribution in [0.3, 0.4) is 0 Å². The van der Waals surface area contributed by atoms with Crippen molar-refractivity contribution >= 4 is 51.3 Å². The molecule has 0 spiro atoms. The molecule has 1 aromatic carbocycles. The number of amides is 1. The van der Waals surface area contributed by atoms with Crippen LogP contribution in [0.4, 0.5) is 10.8 Å². The number of rotatable bonds is 5. The molecular formula is C20H18N2O2S2. The molecule has 0 saturated carbocycles. The molecule has 0 bridgehead atoms. The Hall–Kier alpha value is -2.57. The lowest BCUT2D eigenvalue weighted by Crippen LogP contribution is -2.22. The van der Waals surface area contributed by atoms with Gasteiger partial charge in [-0.1, -0.05) is 12.1 Å². The largest absolute Gasteiger partial charge is 0.288 e. The van der Waals surface area contributed by atoms with Gasteiger partial charge in [0.2, 0.25) is 5.91 Å². The molecule has 0 aliphatic heterocycles. The molecular weight excluding hydrogens is 364 g/mol. The number of carbonyl (C=O) groups excluding carboxylic acids is 2. The highest BCUT2D eigenvalue weighted by atomic mass is 32.1. The summed E-state index contributed by atoms with van der Waals surface area (Å²) in [7, 11) is 0. The van der Waals surface area contributed by atoms with Crippen molar-refractivity contribution in [3.05, 3.63) is 68.9 Å². The number of benzene rings is 1. The molecule has 0 saturated heterocycles. The first-order valence-electron chi connectivity index (χ1n) is 8.05. The standard InChI is InChI=1S/C20H18N2O2S2/c1-13-6-8-17(11-14(13)2)22(15(3)23)20-21-16(12-26-20)7-9-18(24)19-5-4-10-25-19/h4-12H,1-3H3/b9-7+. The Balaban J connectivity index is 1.85. The summed E-state index contributed by atoms with van der Waals surface area (Å²) in [6, 6.07) is 9.53. The molecule has 4 nitrogen and oxygen atoms in total. The highest BCUT2D eigenvalue weighted by Crippen LogP contribution is 2.30. The number of aromatic nitrogens is 1. The van der Waals surface area contributed by atoms with E-state index in [0.29, 0.717) is 15.7 Å². The van der Waals surface area contributed by atoms with Crippen molar-refractivity contribution in [1.82, 2.24) is 4.98 Å². The second kappa shape index (κ2) is 7.76. The van der Waals surface area contributed by atoms with Gasteiger partial charge >= 0.3 is 0 Å². The molecule has 1 amide bonds. The zero-order valence-electron chi connectivity index (χ0n) is 14.7. The Morgan fingerprint density at radius 1 is 1.12 bits per heavy atom. The van der Waals surface area contributed by atoms with E-state index in [9.17, 15) is 9.59 Å². The van der Waals surface area contributed by atoms with Crippen molar-refractivity contribution in [1.29, 1.82) is 0 Å². The molecule has 2 heterocycles. The van der Waals surface area contributed by atoms with E-state index in [0.717, 1.165) is 11.3 Å². The minimum atomic E-state index is -0.104. The number of thiazole rings is 1. The van der Waals surface area contributed by atoms with Gasteiger partial charge in [-0.3, -0.25) is 14.5 Å². The SMILES string of the molecule is CC(=O)N(c1ccc(C)c(C)c1)c1nc(/C=C/C(=O)c2cccs2)cs1. The number of nitrogens with zero attached hydrogens (tertiary/aromatic N) is 2. The number of anilines is 2. The van der Waals surface area contributed by atoms with Gasteiger partial charge in [-0.2, -0.15) is 0 Å². The highest BCUT2D eigenvalue weighted by molar-refractivity contribution is 7.14. The average molecular weight is 383 g/mol. The van der Waals surface area contributed by atoms with Gasteiger partial charge in [0.15, 0.2) is 10.9 Å². The maximum absolute atomic E-state index is 12.2. The van der Waals surface area contributed by atoms with Crippen molar-refractivity contribution in [2.45, 2.75) is 20.8 Å².